The number of amides is 1. The summed E-state index contributed by atoms with van der Waals surface area (Å²) in [4.78, 5) is 11.1. The third-order valence-electron chi connectivity index (χ3n) is 1.72. The van der Waals surface area contributed by atoms with E-state index in [-0.39, 0.29) is 23.3 Å². The van der Waals surface area contributed by atoms with Crippen molar-refractivity contribution in [2.75, 3.05) is 19.7 Å². The molecule has 0 saturated carbocycles. The van der Waals surface area contributed by atoms with Crippen molar-refractivity contribution in [2.24, 2.45) is 5.73 Å². The lowest BCUT2D eigenvalue weighted by atomic mass is 10.3. The Morgan fingerprint density at radius 2 is 2.31 bits per heavy atom. The van der Waals surface area contributed by atoms with Gasteiger partial charge in [0.05, 0.1) is 5.02 Å². The van der Waals surface area contributed by atoms with E-state index < -0.39 is 5.82 Å². The molecule has 0 heterocycles. The summed E-state index contributed by atoms with van der Waals surface area (Å²) in [6.07, 6.45) is 0. The van der Waals surface area contributed by atoms with Gasteiger partial charge in [0, 0.05) is 13.1 Å². The van der Waals surface area contributed by atoms with Gasteiger partial charge >= 0.3 is 0 Å². The number of halogens is 2. The van der Waals surface area contributed by atoms with E-state index in [1.54, 1.807) is 0 Å². The Balaban J connectivity index is 2.45. The lowest BCUT2D eigenvalue weighted by molar-refractivity contribution is -0.123. The van der Waals surface area contributed by atoms with Gasteiger partial charge in [0.2, 0.25) is 0 Å². The number of hydrogen-bond acceptors (Lipinski definition) is 3. The summed E-state index contributed by atoms with van der Waals surface area (Å²) in [6.45, 7) is 0.577. The maximum atomic E-state index is 12.7. The lowest BCUT2D eigenvalue weighted by Gasteiger charge is -2.07. The van der Waals surface area contributed by atoms with Crippen LogP contribution in [0.3, 0.4) is 0 Å². The van der Waals surface area contributed by atoms with Crippen LogP contribution in [0, 0.1) is 5.82 Å². The molecule has 1 aromatic carbocycles. The minimum Gasteiger partial charge on any atom is -0.482 e. The number of carbonyl (C=O) groups is 1. The molecular weight excluding hydrogens is 235 g/mol. The van der Waals surface area contributed by atoms with Crippen molar-refractivity contribution in [3.05, 3.63) is 29.0 Å². The molecule has 0 saturated heterocycles. The molecule has 3 N–H and O–H groups in total. The van der Waals surface area contributed by atoms with Crippen LogP contribution in [0.1, 0.15) is 0 Å². The maximum Gasteiger partial charge on any atom is 0.257 e. The fourth-order valence-corrected chi connectivity index (χ4v) is 1.22. The minimum absolute atomic E-state index is 0.131. The van der Waals surface area contributed by atoms with Crippen LogP contribution in [0.5, 0.6) is 5.75 Å². The highest BCUT2D eigenvalue weighted by Gasteiger charge is 2.05. The third-order valence-corrected chi connectivity index (χ3v) is 2.01. The number of nitrogens with one attached hydrogen (secondary N) is 1. The number of rotatable bonds is 5. The molecule has 1 aromatic rings. The molecule has 0 aliphatic heterocycles. The average Bonchev–Trinajstić information content (AvgIpc) is 2.25. The van der Waals surface area contributed by atoms with Crippen LogP contribution in [0.4, 0.5) is 4.39 Å². The zero-order chi connectivity index (χ0) is 12.0. The van der Waals surface area contributed by atoms with Gasteiger partial charge in [-0.05, 0) is 18.2 Å². The van der Waals surface area contributed by atoms with Crippen LogP contribution in [-0.2, 0) is 4.79 Å². The van der Waals surface area contributed by atoms with Crippen LogP contribution < -0.4 is 15.8 Å². The molecule has 16 heavy (non-hydrogen) atoms. The summed E-state index contributed by atoms with van der Waals surface area (Å²) in [5.74, 6) is -0.484. The molecule has 1 rings (SSSR count). The summed E-state index contributed by atoms with van der Waals surface area (Å²) in [6, 6.07) is 3.70. The van der Waals surface area contributed by atoms with Gasteiger partial charge in [0.1, 0.15) is 11.6 Å². The summed E-state index contributed by atoms with van der Waals surface area (Å²) in [7, 11) is 0. The zero-order valence-electron chi connectivity index (χ0n) is 8.50. The predicted octanol–water partition coefficient (Wildman–Crippen LogP) is 0.933. The Hall–Kier alpha value is -1.33. The van der Waals surface area contributed by atoms with Crippen LogP contribution >= 0.6 is 11.6 Å². The smallest absolute Gasteiger partial charge is 0.257 e. The van der Waals surface area contributed by atoms with E-state index in [1.807, 2.05) is 0 Å². The van der Waals surface area contributed by atoms with Gasteiger partial charge in [-0.25, -0.2) is 4.39 Å². The van der Waals surface area contributed by atoms with Crippen LogP contribution in [0.25, 0.3) is 0 Å². The van der Waals surface area contributed by atoms with E-state index in [2.05, 4.69) is 5.32 Å². The Morgan fingerprint density at radius 1 is 1.56 bits per heavy atom. The predicted molar refractivity (Wildman–Crippen MR) is 59.0 cm³/mol. The van der Waals surface area contributed by atoms with Crippen molar-refractivity contribution < 1.29 is 13.9 Å². The Morgan fingerprint density at radius 3 is 2.94 bits per heavy atom. The highest BCUT2D eigenvalue weighted by molar-refractivity contribution is 6.32. The van der Waals surface area contributed by atoms with E-state index in [1.165, 1.54) is 12.1 Å². The van der Waals surface area contributed by atoms with Crippen molar-refractivity contribution >= 4 is 17.5 Å². The molecule has 0 bridgehead atoms. The minimum atomic E-state index is -0.454. The van der Waals surface area contributed by atoms with Crippen molar-refractivity contribution in [3.8, 4) is 5.75 Å². The zero-order valence-corrected chi connectivity index (χ0v) is 9.26. The maximum absolute atomic E-state index is 12.7. The van der Waals surface area contributed by atoms with Crippen LogP contribution in [0.15, 0.2) is 18.2 Å². The summed E-state index contributed by atoms with van der Waals surface area (Å²) >= 11 is 5.70. The van der Waals surface area contributed by atoms with Gasteiger partial charge in [0.25, 0.3) is 5.91 Å². The van der Waals surface area contributed by atoms with Gasteiger partial charge in [-0.1, -0.05) is 11.6 Å². The molecule has 0 radical (unpaired) electrons. The number of nitrogens with two attached hydrogens (primary N) is 1. The fourth-order valence-electron chi connectivity index (χ4n) is 0.998. The van der Waals surface area contributed by atoms with Crippen molar-refractivity contribution in [1.29, 1.82) is 0 Å². The Labute approximate surface area is 97.5 Å². The highest BCUT2D eigenvalue weighted by Crippen LogP contribution is 2.24. The van der Waals surface area contributed by atoms with Crippen molar-refractivity contribution in [2.45, 2.75) is 0 Å². The van der Waals surface area contributed by atoms with E-state index >= 15 is 0 Å². The first-order valence-corrected chi connectivity index (χ1v) is 5.06. The van der Waals surface area contributed by atoms with Crippen LogP contribution in [-0.4, -0.2) is 25.6 Å². The van der Waals surface area contributed by atoms with Crippen LogP contribution in [0.2, 0.25) is 5.02 Å². The largest absolute Gasteiger partial charge is 0.482 e. The monoisotopic (exact) mass is 246 g/mol. The van der Waals surface area contributed by atoms with Crippen molar-refractivity contribution in [1.82, 2.24) is 5.32 Å². The Kier molecular flexibility index (Phi) is 5.01. The molecule has 0 aromatic heterocycles. The topological polar surface area (TPSA) is 64.3 Å². The third kappa shape index (κ3) is 4.04. The van der Waals surface area contributed by atoms with Gasteiger partial charge in [-0.15, -0.1) is 0 Å². The molecule has 0 spiro atoms. The quantitative estimate of drug-likeness (QED) is 0.813. The summed E-state index contributed by atoms with van der Waals surface area (Å²) < 4.78 is 17.8. The second-order valence-corrected chi connectivity index (χ2v) is 3.41. The molecule has 0 fully saturated rings. The molecule has 6 heteroatoms. The van der Waals surface area contributed by atoms with Gasteiger partial charge in [-0.3, -0.25) is 4.79 Å². The van der Waals surface area contributed by atoms with Gasteiger partial charge in [-0.2, -0.15) is 0 Å². The first-order valence-electron chi connectivity index (χ1n) is 4.68. The SMILES string of the molecule is NCCNC(=O)COc1ccc(F)cc1Cl. The highest BCUT2D eigenvalue weighted by atomic mass is 35.5. The van der Waals surface area contributed by atoms with Gasteiger partial charge < -0.3 is 15.8 Å². The van der Waals surface area contributed by atoms with E-state index in [4.69, 9.17) is 22.1 Å². The molecule has 1 amide bonds. The fraction of sp³-hybridized carbons (Fsp3) is 0.300. The summed E-state index contributed by atoms with van der Waals surface area (Å²) in [5, 5.41) is 2.66. The molecule has 0 aliphatic rings. The molecule has 0 unspecified atom stereocenters. The first-order chi connectivity index (χ1) is 7.63. The number of carbonyl (C=O) groups excluding carboxylic acids is 1. The number of hydrogen-bond donors (Lipinski definition) is 2. The van der Waals surface area contributed by atoms with Gasteiger partial charge in [0.15, 0.2) is 6.61 Å². The first kappa shape index (κ1) is 12.7. The normalized spacial score (nSPS) is 9.94. The number of benzene rings is 1. The standard InChI is InChI=1S/C10H12ClFN2O2/c11-8-5-7(12)1-2-9(8)16-6-10(15)14-4-3-13/h1-2,5H,3-4,6,13H2,(H,14,15). The molecular formula is C10H12ClFN2O2. The Bertz CT molecular complexity index is 374. The van der Waals surface area contributed by atoms with E-state index in [0.717, 1.165) is 6.07 Å². The molecule has 0 atom stereocenters. The van der Waals surface area contributed by atoms with E-state index in [9.17, 15) is 9.18 Å². The lowest BCUT2D eigenvalue weighted by Crippen LogP contribution is -2.32. The summed E-state index contributed by atoms with van der Waals surface area (Å²) in [5.41, 5.74) is 5.21. The molecule has 4 nitrogen and oxygen atoms in total. The molecule has 88 valence electrons. The van der Waals surface area contributed by atoms with Crippen molar-refractivity contribution in [3.63, 3.8) is 0 Å². The second-order valence-electron chi connectivity index (χ2n) is 3.00. The second kappa shape index (κ2) is 6.30. The van der Waals surface area contributed by atoms with E-state index in [0.29, 0.717) is 13.1 Å². The average molecular weight is 247 g/mol. The number of ether oxygens (including phenoxy) is 1. The molecule has 0 aliphatic carbocycles.